The Morgan fingerprint density at radius 1 is 1.53 bits per heavy atom. The zero-order chi connectivity index (χ0) is 11.1. The summed E-state index contributed by atoms with van der Waals surface area (Å²) in [6.07, 6.45) is 5.70. The summed E-state index contributed by atoms with van der Waals surface area (Å²) in [5, 5.41) is 0. The van der Waals surface area contributed by atoms with Crippen LogP contribution in [0.2, 0.25) is 0 Å². The summed E-state index contributed by atoms with van der Waals surface area (Å²) in [6, 6.07) is 0.314. The lowest BCUT2D eigenvalue weighted by atomic mass is 10.2. The largest absolute Gasteiger partial charge is 0.331 e. The van der Waals surface area contributed by atoms with Crippen molar-refractivity contribution >= 4 is 10.0 Å². The minimum Gasteiger partial charge on any atom is -0.331 e. The van der Waals surface area contributed by atoms with Gasteiger partial charge < -0.3 is 4.57 Å². The first-order chi connectivity index (χ1) is 6.98. The molecule has 6 heteroatoms. The Balaban J connectivity index is 2.34. The van der Waals surface area contributed by atoms with Gasteiger partial charge in [-0.25, -0.2) is 13.4 Å². The van der Waals surface area contributed by atoms with E-state index in [1.54, 1.807) is 6.20 Å². The molecular formula is C9H15N3O2S. The van der Waals surface area contributed by atoms with Crippen molar-refractivity contribution in [3.05, 3.63) is 18.2 Å². The zero-order valence-electron chi connectivity index (χ0n) is 8.92. The Labute approximate surface area is 89.8 Å². The summed E-state index contributed by atoms with van der Waals surface area (Å²) in [4.78, 5) is 4.19. The molecule has 2 heterocycles. The van der Waals surface area contributed by atoms with Crippen molar-refractivity contribution in [2.75, 3.05) is 12.8 Å². The molecule has 1 unspecified atom stereocenters. The Bertz CT molecular complexity index is 452. The molecule has 84 valence electrons. The van der Waals surface area contributed by atoms with E-state index in [2.05, 4.69) is 11.9 Å². The highest BCUT2D eigenvalue weighted by molar-refractivity contribution is 7.88. The maximum absolute atomic E-state index is 11.5. The van der Waals surface area contributed by atoms with Gasteiger partial charge in [-0.1, -0.05) is 0 Å². The van der Waals surface area contributed by atoms with E-state index in [0.29, 0.717) is 19.1 Å². The quantitative estimate of drug-likeness (QED) is 0.709. The molecule has 0 bridgehead atoms. The fourth-order valence-corrected chi connectivity index (χ4v) is 2.64. The van der Waals surface area contributed by atoms with Gasteiger partial charge in [0.2, 0.25) is 10.0 Å². The normalized spacial score (nSPS) is 23.5. The molecule has 15 heavy (non-hydrogen) atoms. The molecule has 0 amide bonds. The third-order valence-corrected chi connectivity index (χ3v) is 4.06. The van der Waals surface area contributed by atoms with Gasteiger partial charge in [-0.05, 0) is 13.3 Å². The summed E-state index contributed by atoms with van der Waals surface area (Å²) in [5.74, 6) is 0.824. The standard InChI is InChI=1S/C9H15N3O2S/c1-8-3-5-11(15(2,13)14)7-9-10-4-6-12(8)9/h4,6,8H,3,5,7H2,1-2H3. The summed E-state index contributed by atoms with van der Waals surface area (Å²) in [7, 11) is -3.11. The van der Waals surface area contributed by atoms with Crippen LogP contribution in [-0.2, 0) is 16.6 Å². The van der Waals surface area contributed by atoms with E-state index in [9.17, 15) is 8.42 Å². The number of nitrogens with zero attached hydrogens (tertiary/aromatic N) is 3. The van der Waals surface area contributed by atoms with Crippen molar-refractivity contribution in [1.29, 1.82) is 0 Å². The average Bonchev–Trinajstić information content (AvgIpc) is 2.52. The molecular weight excluding hydrogens is 214 g/mol. The molecule has 1 aliphatic heterocycles. The van der Waals surface area contributed by atoms with Crippen LogP contribution in [0.15, 0.2) is 12.4 Å². The average molecular weight is 229 g/mol. The predicted molar refractivity (Wildman–Crippen MR) is 56.8 cm³/mol. The third-order valence-electron chi connectivity index (χ3n) is 2.81. The highest BCUT2D eigenvalue weighted by Gasteiger charge is 2.24. The van der Waals surface area contributed by atoms with Gasteiger partial charge in [0.05, 0.1) is 12.8 Å². The first-order valence-corrected chi connectivity index (χ1v) is 6.80. The van der Waals surface area contributed by atoms with Crippen molar-refractivity contribution in [3.8, 4) is 0 Å². The molecule has 5 nitrogen and oxygen atoms in total. The molecule has 1 aliphatic rings. The highest BCUT2D eigenvalue weighted by atomic mass is 32.2. The number of hydrogen-bond donors (Lipinski definition) is 0. The smallest absolute Gasteiger partial charge is 0.211 e. The van der Waals surface area contributed by atoms with Crippen LogP contribution in [0.1, 0.15) is 25.2 Å². The number of rotatable bonds is 1. The van der Waals surface area contributed by atoms with E-state index >= 15 is 0 Å². The third kappa shape index (κ3) is 2.05. The second-order valence-corrected chi connectivity index (χ2v) is 5.97. The first-order valence-electron chi connectivity index (χ1n) is 4.95. The van der Waals surface area contributed by atoms with Crippen molar-refractivity contribution in [2.45, 2.75) is 25.9 Å². The number of fused-ring (bicyclic) bond motifs is 1. The van der Waals surface area contributed by atoms with Gasteiger partial charge in [0.15, 0.2) is 0 Å². The van der Waals surface area contributed by atoms with Crippen LogP contribution in [-0.4, -0.2) is 35.1 Å². The summed E-state index contributed by atoms with van der Waals surface area (Å²) < 4.78 is 26.5. The molecule has 0 saturated carbocycles. The highest BCUT2D eigenvalue weighted by Crippen LogP contribution is 2.21. The van der Waals surface area contributed by atoms with E-state index in [1.807, 2.05) is 10.8 Å². The fraction of sp³-hybridized carbons (Fsp3) is 0.667. The van der Waals surface area contributed by atoms with Crippen LogP contribution in [0, 0.1) is 0 Å². The van der Waals surface area contributed by atoms with Crippen LogP contribution in [0.5, 0.6) is 0 Å². The Morgan fingerprint density at radius 3 is 2.93 bits per heavy atom. The molecule has 0 N–H and O–H groups in total. The molecule has 0 saturated heterocycles. The molecule has 0 aliphatic carbocycles. The minimum atomic E-state index is -3.11. The lowest BCUT2D eigenvalue weighted by Gasteiger charge is -2.15. The van der Waals surface area contributed by atoms with Gasteiger partial charge in [-0.15, -0.1) is 0 Å². The minimum absolute atomic E-state index is 0.314. The summed E-state index contributed by atoms with van der Waals surface area (Å²) >= 11 is 0. The van der Waals surface area contributed by atoms with Crippen molar-refractivity contribution in [2.24, 2.45) is 0 Å². The van der Waals surface area contributed by atoms with Crippen LogP contribution >= 0.6 is 0 Å². The number of sulfonamides is 1. The molecule has 0 radical (unpaired) electrons. The second-order valence-electron chi connectivity index (χ2n) is 3.98. The Hall–Kier alpha value is -0.880. The SMILES string of the molecule is CC1CCN(S(C)(=O)=O)Cc2nccn21. The molecule has 1 atom stereocenters. The number of hydrogen-bond acceptors (Lipinski definition) is 3. The van der Waals surface area contributed by atoms with Gasteiger partial charge in [0.25, 0.3) is 0 Å². The van der Waals surface area contributed by atoms with Gasteiger partial charge in [0, 0.05) is 25.0 Å². The van der Waals surface area contributed by atoms with Crippen LogP contribution in [0.25, 0.3) is 0 Å². The van der Waals surface area contributed by atoms with E-state index in [0.717, 1.165) is 12.2 Å². The maximum Gasteiger partial charge on any atom is 0.211 e. The topological polar surface area (TPSA) is 55.2 Å². The Morgan fingerprint density at radius 2 is 2.27 bits per heavy atom. The molecule has 0 aromatic carbocycles. The van der Waals surface area contributed by atoms with Crippen molar-refractivity contribution in [3.63, 3.8) is 0 Å². The first kappa shape index (κ1) is 10.6. The van der Waals surface area contributed by atoms with E-state index in [4.69, 9.17) is 0 Å². The van der Waals surface area contributed by atoms with Gasteiger partial charge in [-0.2, -0.15) is 4.31 Å². The van der Waals surface area contributed by atoms with Crippen molar-refractivity contribution < 1.29 is 8.42 Å². The van der Waals surface area contributed by atoms with Crippen LogP contribution < -0.4 is 0 Å². The van der Waals surface area contributed by atoms with Gasteiger partial charge in [-0.3, -0.25) is 0 Å². The van der Waals surface area contributed by atoms with Crippen molar-refractivity contribution in [1.82, 2.24) is 13.9 Å². The van der Waals surface area contributed by atoms with E-state index in [1.165, 1.54) is 10.6 Å². The zero-order valence-corrected chi connectivity index (χ0v) is 9.74. The lowest BCUT2D eigenvalue weighted by Crippen LogP contribution is -2.29. The summed E-state index contributed by atoms with van der Waals surface area (Å²) in [5.41, 5.74) is 0. The van der Waals surface area contributed by atoms with Gasteiger partial charge in [0.1, 0.15) is 5.82 Å². The fourth-order valence-electron chi connectivity index (χ4n) is 1.86. The molecule has 0 fully saturated rings. The molecule has 2 rings (SSSR count). The Kier molecular flexibility index (Phi) is 2.56. The summed E-state index contributed by atoms with van der Waals surface area (Å²) in [6.45, 7) is 3.04. The molecule has 0 spiro atoms. The van der Waals surface area contributed by atoms with Gasteiger partial charge >= 0.3 is 0 Å². The number of imidazole rings is 1. The monoisotopic (exact) mass is 229 g/mol. The predicted octanol–water partition coefficient (Wildman–Crippen LogP) is 0.609. The maximum atomic E-state index is 11.5. The van der Waals surface area contributed by atoms with Crippen LogP contribution in [0.3, 0.4) is 0 Å². The molecule has 1 aromatic rings. The lowest BCUT2D eigenvalue weighted by molar-refractivity contribution is 0.401. The second kappa shape index (κ2) is 3.61. The van der Waals surface area contributed by atoms with E-state index in [-0.39, 0.29) is 0 Å². The number of aromatic nitrogens is 2. The van der Waals surface area contributed by atoms with E-state index < -0.39 is 10.0 Å². The van der Waals surface area contributed by atoms with Crippen LogP contribution in [0.4, 0.5) is 0 Å². The molecule has 1 aromatic heterocycles.